The van der Waals surface area contributed by atoms with Crippen molar-refractivity contribution in [3.05, 3.63) is 44.7 Å². The zero-order valence-electron chi connectivity index (χ0n) is 10.7. The summed E-state index contributed by atoms with van der Waals surface area (Å²) in [5.74, 6) is -1.54. The molecule has 0 radical (unpaired) electrons. The lowest BCUT2D eigenvalue weighted by Crippen LogP contribution is -2.23. The summed E-state index contributed by atoms with van der Waals surface area (Å²) in [5.41, 5.74) is 0.336. The van der Waals surface area contributed by atoms with Crippen molar-refractivity contribution in [1.29, 1.82) is 0 Å². The fourth-order valence-corrected chi connectivity index (χ4v) is 2.46. The Kier molecular flexibility index (Phi) is 3.66. The number of anilines is 1. The molecular formula is C12H11N3O4S. The highest BCUT2D eigenvalue weighted by Crippen LogP contribution is 2.26. The highest BCUT2D eigenvalue weighted by Gasteiger charge is 2.15. The number of thiophene rings is 1. The number of carboxylic acids is 1. The average molecular weight is 293 g/mol. The monoisotopic (exact) mass is 293 g/mol. The molecule has 2 N–H and O–H groups in total. The molecule has 7 nitrogen and oxygen atoms in total. The summed E-state index contributed by atoms with van der Waals surface area (Å²) in [6, 6.07) is 4.13. The molecule has 8 heteroatoms. The van der Waals surface area contributed by atoms with E-state index >= 15 is 0 Å². The molecular weight excluding hydrogens is 282 g/mol. The largest absolute Gasteiger partial charge is 0.477 e. The first kappa shape index (κ1) is 13.9. The number of hydrogen-bond acceptors (Lipinski definition) is 5. The van der Waals surface area contributed by atoms with Crippen LogP contribution in [0.25, 0.3) is 0 Å². The van der Waals surface area contributed by atoms with Crippen molar-refractivity contribution in [2.45, 2.75) is 6.92 Å². The fraction of sp³-hybridized carbons (Fsp3) is 0.167. The molecule has 0 spiro atoms. The molecule has 20 heavy (non-hydrogen) atoms. The van der Waals surface area contributed by atoms with Crippen molar-refractivity contribution in [1.82, 2.24) is 9.78 Å². The Bertz CT molecular complexity index is 747. The number of nitrogens with one attached hydrogen (secondary N) is 1. The fourth-order valence-electron chi connectivity index (χ4n) is 1.56. The molecule has 0 fully saturated rings. The molecule has 0 aromatic carbocycles. The van der Waals surface area contributed by atoms with E-state index in [0.29, 0.717) is 10.6 Å². The third-order valence-corrected chi connectivity index (χ3v) is 3.68. The van der Waals surface area contributed by atoms with Crippen LogP contribution in [0, 0.1) is 6.92 Å². The number of carbonyl (C=O) groups is 2. The molecule has 0 aliphatic heterocycles. The molecule has 0 unspecified atom stereocenters. The first-order valence-corrected chi connectivity index (χ1v) is 6.39. The van der Waals surface area contributed by atoms with E-state index in [1.165, 1.54) is 19.2 Å². The normalized spacial score (nSPS) is 10.3. The maximum atomic E-state index is 11.9. The Labute approximate surface area is 117 Å². The molecule has 0 saturated heterocycles. The standard InChI is InChI=1S/C12H11N3O4S/c1-6-5-8(20-10(6)12(18)19)13-11(17)7-3-4-9(16)15(2)14-7/h3-5H,1-2H3,(H,13,17)(H,18,19). The minimum Gasteiger partial charge on any atom is -0.477 e. The summed E-state index contributed by atoms with van der Waals surface area (Å²) in [6.45, 7) is 1.65. The Hall–Kier alpha value is -2.48. The number of hydrogen-bond donors (Lipinski definition) is 2. The van der Waals surface area contributed by atoms with Gasteiger partial charge in [-0.25, -0.2) is 9.48 Å². The molecule has 2 rings (SSSR count). The summed E-state index contributed by atoms with van der Waals surface area (Å²) in [4.78, 5) is 34.2. The first-order valence-electron chi connectivity index (χ1n) is 5.58. The van der Waals surface area contributed by atoms with Crippen molar-refractivity contribution in [3.63, 3.8) is 0 Å². The number of carbonyl (C=O) groups excluding carboxylic acids is 1. The highest BCUT2D eigenvalue weighted by molar-refractivity contribution is 7.18. The van der Waals surface area contributed by atoms with E-state index in [1.54, 1.807) is 13.0 Å². The maximum absolute atomic E-state index is 11.9. The minimum atomic E-state index is -1.03. The second-order valence-electron chi connectivity index (χ2n) is 4.06. The van der Waals surface area contributed by atoms with Crippen LogP contribution in [0.4, 0.5) is 5.00 Å². The molecule has 0 aliphatic rings. The van der Waals surface area contributed by atoms with Gasteiger partial charge in [0, 0.05) is 13.1 Å². The molecule has 0 saturated carbocycles. The zero-order chi connectivity index (χ0) is 14.9. The van der Waals surface area contributed by atoms with Gasteiger partial charge in [0.05, 0.1) is 5.00 Å². The molecule has 104 valence electrons. The van der Waals surface area contributed by atoms with Crippen molar-refractivity contribution >= 4 is 28.2 Å². The van der Waals surface area contributed by atoms with Crippen molar-refractivity contribution in [2.24, 2.45) is 7.05 Å². The zero-order valence-corrected chi connectivity index (χ0v) is 11.5. The van der Waals surface area contributed by atoms with E-state index in [-0.39, 0.29) is 16.1 Å². The van der Waals surface area contributed by atoms with Gasteiger partial charge in [0.2, 0.25) is 0 Å². The number of aromatic nitrogens is 2. The van der Waals surface area contributed by atoms with Crippen LogP contribution in [0.3, 0.4) is 0 Å². The Balaban J connectivity index is 2.23. The van der Waals surface area contributed by atoms with E-state index < -0.39 is 11.9 Å². The molecule has 1 amide bonds. The third-order valence-electron chi connectivity index (χ3n) is 2.54. The number of rotatable bonds is 3. The Morgan fingerprint density at radius 2 is 2.10 bits per heavy atom. The lowest BCUT2D eigenvalue weighted by Gasteiger charge is -2.02. The van der Waals surface area contributed by atoms with E-state index in [9.17, 15) is 14.4 Å². The first-order chi connectivity index (χ1) is 9.38. The third kappa shape index (κ3) is 2.75. The van der Waals surface area contributed by atoms with Gasteiger partial charge in [-0.1, -0.05) is 0 Å². The van der Waals surface area contributed by atoms with Gasteiger partial charge in [0.25, 0.3) is 11.5 Å². The SMILES string of the molecule is Cc1cc(NC(=O)c2ccc(=O)n(C)n2)sc1C(=O)O. The lowest BCUT2D eigenvalue weighted by molar-refractivity contribution is 0.0701. The van der Waals surface area contributed by atoms with Gasteiger partial charge in [0.15, 0.2) is 0 Å². The van der Waals surface area contributed by atoms with E-state index in [2.05, 4.69) is 10.4 Å². The second-order valence-corrected chi connectivity index (χ2v) is 5.11. The summed E-state index contributed by atoms with van der Waals surface area (Å²) in [7, 11) is 1.44. The predicted molar refractivity (Wildman–Crippen MR) is 73.4 cm³/mol. The molecule has 0 bridgehead atoms. The second kappa shape index (κ2) is 5.25. The van der Waals surface area contributed by atoms with Crippen LogP contribution in [0.5, 0.6) is 0 Å². The summed E-state index contributed by atoms with van der Waals surface area (Å²) >= 11 is 0.970. The Morgan fingerprint density at radius 1 is 1.40 bits per heavy atom. The highest BCUT2D eigenvalue weighted by atomic mass is 32.1. The predicted octanol–water partition coefficient (Wildman–Crippen LogP) is 1.10. The van der Waals surface area contributed by atoms with Gasteiger partial charge in [0.1, 0.15) is 10.6 Å². The van der Waals surface area contributed by atoms with Crippen molar-refractivity contribution in [3.8, 4) is 0 Å². The van der Waals surface area contributed by atoms with Gasteiger partial charge >= 0.3 is 5.97 Å². The summed E-state index contributed by atoms with van der Waals surface area (Å²) in [5, 5.41) is 15.7. The number of aromatic carboxylic acids is 1. The van der Waals surface area contributed by atoms with Crippen molar-refractivity contribution in [2.75, 3.05) is 5.32 Å². The quantitative estimate of drug-likeness (QED) is 0.882. The maximum Gasteiger partial charge on any atom is 0.346 e. The lowest BCUT2D eigenvalue weighted by atomic mass is 10.3. The molecule has 0 atom stereocenters. The summed E-state index contributed by atoms with van der Waals surface area (Å²) in [6.07, 6.45) is 0. The van der Waals surface area contributed by atoms with Crippen molar-refractivity contribution < 1.29 is 14.7 Å². The minimum absolute atomic E-state index is 0.0787. The van der Waals surface area contributed by atoms with Gasteiger partial charge < -0.3 is 10.4 Å². The smallest absolute Gasteiger partial charge is 0.346 e. The molecule has 2 heterocycles. The molecule has 2 aromatic heterocycles. The van der Waals surface area contributed by atoms with Crippen LogP contribution in [-0.4, -0.2) is 26.8 Å². The van der Waals surface area contributed by atoms with Crippen LogP contribution in [0.15, 0.2) is 23.0 Å². The van der Waals surface area contributed by atoms with Crippen LogP contribution in [0.2, 0.25) is 0 Å². The number of nitrogens with zero attached hydrogens (tertiary/aromatic N) is 2. The van der Waals surface area contributed by atoms with E-state index in [4.69, 9.17) is 5.11 Å². The van der Waals surface area contributed by atoms with Crippen LogP contribution in [-0.2, 0) is 7.05 Å². The number of aryl methyl sites for hydroxylation is 2. The molecule has 2 aromatic rings. The van der Waals surface area contributed by atoms with Crippen LogP contribution < -0.4 is 10.9 Å². The van der Waals surface area contributed by atoms with E-state index in [0.717, 1.165) is 16.0 Å². The topological polar surface area (TPSA) is 101 Å². The van der Waals surface area contributed by atoms with E-state index in [1.807, 2.05) is 0 Å². The number of carboxylic acid groups (broad SMARTS) is 1. The van der Waals surface area contributed by atoms with Gasteiger partial charge in [-0.2, -0.15) is 5.10 Å². The van der Waals surface area contributed by atoms with Crippen LogP contribution in [0.1, 0.15) is 25.7 Å². The molecule has 0 aliphatic carbocycles. The Morgan fingerprint density at radius 3 is 2.65 bits per heavy atom. The number of amides is 1. The summed E-state index contributed by atoms with van der Waals surface area (Å²) < 4.78 is 1.05. The van der Waals surface area contributed by atoms with Gasteiger partial charge in [-0.15, -0.1) is 11.3 Å². The average Bonchev–Trinajstić information content (AvgIpc) is 2.73. The van der Waals surface area contributed by atoms with Gasteiger partial charge in [-0.3, -0.25) is 9.59 Å². The van der Waals surface area contributed by atoms with Crippen LogP contribution >= 0.6 is 11.3 Å². The van der Waals surface area contributed by atoms with Gasteiger partial charge in [-0.05, 0) is 24.6 Å².